The summed E-state index contributed by atoms with van der Waals surface area (Å²) in [5, 5.41) is 14.6. The summed E-state index contributed by atoms with van der Waals surface area (Å²) in [4.78, 5) is 12.0. The van der Waals surface area contributed by atoms with Crippen molar-refractivity contribution in [3.63, 3.8) is 0 Å². The van der Waals surface area contributed by atoms with Crippen LogP contribution in [0.2, 0.25) is 0 Å². The zero-order chi connectivity index (χ0) is 15.0. The molecule has 0 radical (unpaired) electrons. The van der Waals surface area contributed by atoms with Gasteiger partial charge in [0.2, 0.25) is 0 Å². The second-order valence-electron chi connectivity index (χ2n) is 5.93. The molecular formula is C15H18F2N2O2. The second kappa shape index (κ2) is 5.60. The minimum atomic E-state index is -0.682. The molecule has 3 N–H and O–H groups in total. The first-order valence-electron chi connectivity index (χ1n) is 7.22. The van der Waals surface area contributed by atoms with Crippen molar-refractivity contribution in [1.29, 1.82) is 0 Å². The molecule has 2 aliphatic rings. The number of amides is 2. The molecule has 4 nitrogen and oxygen atoms in total. The molecule has 0 spiro atoms. The maximum Gasteiger partial charge on any atom is 0.319 e. The number of nitrogens with one attached hydrogen (secondary N) is 2. The van der Waals surface area contributed by atoms with E-state index in [9.17, 15) is 18.7 Å². The molecule has 6 heteroatoms. The Balaban J connectivity index is 1.65. The Morgan fingerprint density at radius 3 is 2.81 bits per heavy atom. The minimum absolute atomic E-state index is 0.0421. The lowest BCUT2D eigenvalue weighted by atomic mass is 9.85. The third-order valence-electron chi connectivity index (χ3n) is 4.77. The summed E-state index contributed by atoms with van der Waals surface area (Å²) in [6.07, 6.45) is 3.15. The molecule has 1 aromatic rings. The standard InChI is InChI=1S/C15H18F2N2O2/c16-10-3-4-12(17)13(6-10)18-15(21)19-14-9-2-1-8(5-9)11(14)7-20/h3-4,6,8-9,11,14,20H,1-2,5,7H2,(H2,18,19,21). The van der Waals surface area contributed by atoms with Crippen LogP contribution in [0, 0.1) is 29.4 Å². The maximum absolute atomic E-state index is 13.5. The number of urea groups is 1. The second-order valence-corrected chi connectivity index (χ2v) is 5.93. The molecule has 2 saturated carbocycles. The summed E-state index contributed by atoms with van der Waals surface area (Å²) in [5.41, 5.74) is -0.184. The quantitative estimate of drug-likeness (QED) is 0.802. The summed E-state index contributed by atoms with van der Waals surface area (Å²) in [7, 11) is 0. The maximum atomic E-state index is 13.5. The lowest BCUT2D eigenvalue weighted by molar-refractivity contribution is 0.146. The van der Waals surface area contributed by atoms with Gasteiger partial charge in [0.25, 0.3) is 0 Å². The Bertz CT molecular complexity index is 552. The van der Waals surface area contributed by atoms with E-state index in [1.807, 2.05) is 0 Å². The van der Waals surface area contributed by atoms with Gasteiger partial charge in [-0.15, -0.1) is 0 Å². The van der Waals surface area contributed by atoms with E-state index in [4.69, 9.17) is 0 Å². The van der Waals surface area contributed by atoms with Gasteiger partial charge in [-0.25, -0.2) is 13.6 Å². The highest BCUT2D eigenvalue weighted by molar-refractivity contribution is 5.89. The molecule has 2 aliphatic carbocycles. The predicted molar refractivity (Wildman–Crippen MR) is 73.7 cm³/mol. The number of anilines is 1. The fraction of sp³-hybridized carbons (Fsp3) is 0.533. The Labute approximate surface area is 121 Å². The van der Waals surface area contributed by atoms with Gasteiger partial charge in [-0.3, -0.25) is 0 Å². The van der Waals surface area contributed by atoms with Crippen molar-refractivity contribution in [2.24, 2.45) is 17.8 Å². The van der Waals surface area contributed by atoms with Gasteiger partial charge in [0.15, 0.2) is 0 Å². The average Bonchev–Trinajstić information content (AvgIpc) is 3.03. The molecule has 0 heterocycles. The smallest absolute Gasteiger partial charge is 0.319 e. The number of aliphatic hydroxyl groups is 1. The molecule has 114 valence electrons. The Morgan fingerprint density at radius 2 is 2.05 bits per heavy atom. The van der Waals surface area contributed by atoms with Crippen molar-refractivity contribution in [2.45, 2.75) is 25.3 Å². The normalized spacial score (nSPS) is 30.4. The molecule has 2 bridgehead atoms. The molecule has 0 aromatic heterocycles. The first-order chi connectivity index (χ1) is 10.1. The third kappa shape index (κ3) is 2.72. The molecule has 4 atom stereocenters. The summed E-state index contributed by atoms with van der Waals surface area (Å²) in [6.45, 7) is 0.0421. The Kier molecular flexibility index (Phi) is 3.80. The summed E-state index contributed by atoms with van der Waals surface area (Å²) < 4.78 is 26.6. The molecule has 0 aliphatic heterocycles. The van der Waals surface area contributed by atoms with Gasteiger partial charge >= 0.3 is 6.03 Å². The highest BCUT2D eigenvalue weighted by Crippen LogP contribution is 2.48. The number of carbonyl (C=O) groups excluding carboxylic acids is 1. The van der Waals surface area contributed by atoms with Crippen LogP contribution in [0.3, 0.4) is 0 Å². The molecule has 2 fully saturated rings. The van der Waals surface area contributed by atoms with Crippen LogP contribution in [0.25, 0.3) is 0 Å². The Morgan fingerprint density at radius 1 is 1.29 bits per heavy atom. The third-order valence-corrected chi connectivity index (χ3v) is 4.77. The first-order valence-corrected chi connectivity index (χ1v) is 7.22. The summed E-state index contributed by atoms with van der Waals surface area (Å²) in [6, 6.07) is 2.26. The van der Waals surface area contributed by atoms with E-state index in [0.717, 1.165) is 37.5 Å². The van der Waals surface area contributed by atoms with Gasteiger partial charge in [-0.2, -0.15) is 0 Å². The number of hydrogen-bond donors (Lipinski definition) is 3. The van der Waals surface area contributed by atoms with Crippen molar-refractivity contribution in [3.05, 3.63) is 29.8 Å². The van der Waals surface area contributed by atoms with Crippen LogP contribution in [0.15, 0.2) is 18.2 Å². The van der Waals surface area contributed by atoms with Crippen molar-refractivity contribution >= 4 is 11.7 Å². The van der Waals surface area contributed by atoms with Gasteiger partial charge in [-0.1, -0.05) is 0 Å². The number of carbonyl (C=O) groups is 1. The largest absolute Gasteiger partial charge is 0.396 e. The van der Waals surface area contributed by atoms with Crippen LogP contribution in [-0.4, -0.2) is 23.8 Å². The van der Waals surface area contributed by atoms with E-state index in [0.29, 0.717) is 11.8 Å². The SMILES string of the molecule is O=C(Nc1cc(F)ccc1F)NC1C2CCC(C2)C1CO. The number of halogens is 2. The van der Waals surface area contributed by atoms with Crippen LogP contribution < -0.4 is 10.6 Å². The van der Waals surface area contributed by atoms with Crippen LogP contribution in [-0.2, 0) is 0 Å². The van der Waals surface area contributed by atoms with E-state index in [1.165, 1.54) is 0 Å². The van der Waals surface area contributed by atoms with Crippen LogP contribution >= 0.6 is 0 Å². The molecule has 3 rings (SSSR count). The van der Waals surface area contributed by atoms with Gasteiger partial charge in [0.05, 0.1) is 5.69 Å². The first kappa shape index (κ1) is 14.3. The molecular weight excluding hydrogens is 278 g/mol. The predicted octanol–water partition coefficient (Wildman–Crippen LogP) is 2.49. The van der Waals surface area contributed by atoms with Gasteiger partial charge in [0, 0.05) is 24.6 Å². The molecule has 1 aromatic carbocycles. The number of benzene rings is 1. The van der Waals surface area contributed by atoms with Crippen molar-refractivity contribution < 1.29 is 18.7 Å². The van der Waals surface area contributed by atoms with Crippen molar-refractivity contribution in [1.82, 2.24) is 5.32 Å². The number of aliphatic hydroxyl groups excluding tert-OH is 1. The van der Waals surface area contributed by atoms with Gasteiger partial charge < -0.3 is 15.7 Å². The highest BCUT2D eigenvalue weighted by atomic mass is 19.1. The lowest BCUT2D eigenvalue weighted by Crippen LogP contribution is -2.46. The van der Waals surface area contributed by atoms with Crippen molar-refractivity contribution in [2.75, 3.05) is 11.9 Å². The molecule has 0 saturated heterocycles. The summed E-state index contributed by atoms with van der Waals surface area (Å²) >= 11 is 0. The topological polar surface area (TPSA) is 61.4 Å². The van der Waals surface area contributed by atoms with E-state index >= 15 is 0 Å². The van der Waals surface area contributed by atoms with Crippen LogP contribution in [0.4, 0.5) is 19.3 Å². The fourth-order valence-corrected chi connectivity index (χ4v) is 3.80. The van der Waals surface area contributed by atoms with Gasteiger partial charge in [0.1, 0.15) is 11.6 Å². The average molecular weight is 296 g/mol. The van der Waals surface area contributed by atoms with Gasteiger partial charge in [-0.05, 0) is 43.2 Å². The molecule has 4 unspecified atom stereocenters. The summed E-state index contributed by atoms with van der Waals surface area (Å²) in [5.74, 6) is -0.406. The van der Waals surface area contributed by atoms with Crippen LogP contribution in [0.1, 0.15) is 19.3 Å². The van der Waals surface area contributed by atoms with E-state index in [1.54, 1.807) is 0 Å². The van der Waals surface area contributed by atoms with E-state index < -0.39 is 17.7 Å². The minimum Gasteiger partial charge on any atom is -0.396 e. The lowest BCUT2D eigenvalue weighted by Gasteiger charge is -2.30. The number of rotatable bonds is 3. The zero-order valence-corrected chi connectivity index (χ0v) is 11.5. The van der Waals surface area contributed by atoms with Crippen molar-refractivity contribution in [3.8, 4) is 0 Å². The zero-order valence-electron chi connectivity index (χ0n) is 11.5. The monoisotopic (exact) mass is 296 g/mol. The number of hydrogen-bond acceptors (Lipinski definition) is 2. The highest BCUT2D eigenvalue weighted by Gasteiger charge is 2.47. The van der Waals surface area contributed by atoms with Crippen LogP contribution in [0.5, 0.6) is 0 Å². The fourth-order valence-electron chi connectivity index (χ4n) is 3.80. The molecule has 21 heavy (non-hydrogen) atoms. The molecule has 2 amide bonds. The number of fused-ring (bicyclic) bond motifs is 2. The van der Waals surface area contributed by atoms with E-state index in [2.05, 4.69) is 10.6 Å². The van der Waals surface area contributed by atoms with E-state index in [-0.39, 0.29) is 24.3 Å². The Hall–Kier alpha value is -1.69.